The number of nitrogens with zero attached hydrogens (tertiary/aromatic N) is 1. The Morgan fingerprint density at radius 1 is 1.59 bits per heavy atom. The van der Waals surface area contributed by atoms with E-state index in [1.807, 2.05) is 7.05 Å². The number of rotatable bonds is 2. The Morgan fingerprint density at radius 2 is 2.29 bits per heavy atom. The van der Waals surface area contributed by atoms with Crippen molar-refractivity contribution in [3.63, 3.8) is 0 Å². The molecule has 1 aliphatic rings. The minimum Gasteiger partial charge on any atom is -0.505 e. The zero-order valence-electron chi connectivity index (χ0n) is 9.66. The van der Waals surface area contributed by atoms with E-state index < -0.39 is 5.82 Å². The van der Waals surface area contributed by atoms with Crippen LogP contribution in [0.5, 0.6) is 5.75 Å². The van der Waals surface area contributed by atoms with Crippen LogP contribution in [-0.4, -0.2) is 30.1 Å². The highest BCUT2D eigenvalue weighted by Gasteiger charge is 2.33. The van der Waals surface area contributed by atoms with Crippen LogP contribution in [0, 0.1) is 11.7 Å². The molecule has 1 fully saturated rings. The fourth-order valence-electron chi connectivity index (χ4n) is 2.49. The second-order valence-corrected chi connectivity index (χ2v) is 4.99. The number of hydrogen-bond acceptors (Lipinski definition) is 3. The van der Waals surface area contributed by atoms with E-state index in [4.69, 9.17) is 17.3 Å². The van der Waals surface area contributed by atoms with Gasteiger partial charge in [-0.25, -0.2) is 4.39 Å². The monoisotopic (exact) mass is 258 g/mol. The highest BCUT2D eigenvalue weighted by molar-refractivity contribution is 6.31. The lowest BCUT2D eigenvalue weighted by Gasteiger charge is -2.21. The van der Waals surface area contributed by atoms with Gasteiger partial charge in [-0.2, -0.15) is 0 Å². The lowest BCUT2D eigenvalue weighted by Crippen LogP contribution is -2.20. The van der Waals surface area contributed by atoms with E-state index in [1.165, 1.54) is 12.1 Å². The number of likely N-dealkylation sites (tertiary alicyclic amines) is 1. The van der Waals surface area contributed by atoms with Crippen molar-refractivity contribution < 1.29 is 9.50 Å². The molecular weight excluding hydrogens is 243 g/mol. The molecule has 94 valence electrons. The largest absolute Gasteiger partial charge is 0.505 e. The predicted octanol–water partition coefficient (Wildman–Crippen LogP) is 2.14. The molecule has 0 spiro atoms. The minimum absolute atomic E-state index is 0.0632. The van der Waals surface area contributed by atoms with E-state index in [1.54, 1.807) is 0 Å². The molecule has 0 amide bonds. The van der Waals surface area contributed by atoms with Crippen LogP contribution in [-0.2, 0) is 0 Å². The highest BCUT2D eigenvalue weighted by Crippen LogP contribution is 2.42. The smallest absolute Gasteiger partial charge is 0.165 e. The minimum atomic E-state index is -0.631. The average Bonchev–Trinajstić information content (AvgIpc) is 2.66. The maximum Gasteiger partial charge on any atom is 0.165 e. The molecule has 0 bridgehead atoms. The number of phenols is 1. The normalized spacial score (nSPS) is 25.4. The Labute approximate surface area is 105 Å². The molecule has 2 atom stereocenters. The van der Waals surface area contributed by atoms with Gasteiger partial charge in [-0.3, -0.25) is 4.90 Å². The van der Waals surface area contributed by atoms with Crippen LogP contribution in [0.15, 0.2) is 12.1 Å². The zero-order valence-corrected chi connectivity index (χ0v) is 10.4. The maximum absolute atomic E-state index is 13.4. The Balaban J connectivity index is 2.37. The molecule has 1 saturated heterocycles. The molecule has 0 aromatic heterocycles. The first-order valence-electron chi connectivity index (χ1n) is 5.61. The molecule has 17 heavy (non-hydrogen) atoms. The molecular formula is C12H16ClFN2O. The van der Waals surface area contributed by atoms with Crippen LogP contribution in [0.4, 0.5) is 4.39 Å². The van der Waals surface area contributed by atoms with E-state index in [-0.39, 0.29) is 11.8 Å². The molecule has 3 N–H and O–H groups in total. The van der Waals surface area contributed by atoms with Gasteiger partial charge in [0.15, 0.2) is 11.6 Å². The first-order chi connectivity index (χ1) is 8.04. The first kappa shape index (κ1) is 12.6. The fraction of sp³-hybridized carbons (Fsp3) is 0.500. The Kier molecular flexibility index (Phi) is 3.56. The molecule has 5 heteroatoms. The second-order valence-electron chi connectivity index (χ2n) is 4.58. The third-order valence-electron chi connectivity index (χ3n) is 3.42. The van der Waals surface area contributed by atoms with Crippen molar-refractivity contribution in [1.82, 2.24) is 4.90 Å². The van der Waals surface area contributed by atoms with E-state index >= 15 is 0 Å². The van der Waals surface area contributed by atoms with Crippen LogP contribution in [0.2, 0.25) is 5.02 Å². The summed E-state index contributed by atoms with van der Waals surface area (Å²) >= 11 is 6.05. The zero-order chi connectivity index (χ0) is 12.6. The number of aromatic hydroxyl groups is 1. The van der Waals surface area contributed by atoms with Crippen LogP contribution in [0.1, 0.15) is 18.0 Å². The molecule has 0 aliphatic carbocycles. The van der Waals surface area contributed by atoms with Crippen LogP contribution < -0.4 is 5.73 Å². The summed E-state index contributed by atoms with van der Waals surface area (Å²) in [7, 11) is 1.93. The highest BCUT2D eigenvalue weighted by atomic mass is 35.5. The molecule has 1 aromatic carbocycles. The van der Waals surface area contributed by atoms with Gasteiger partial charge in [0.25, 0.3) is 0 Å². The quantitative estimate of drug-likeness (QED) is 0.855. The Bertz CT molecular complexity index is 427. The maximum atomic E-state index is 13.4. The van der Waals surface area contributed by atoms with Gasteiger partial charge in [0.1, 0.15) is 0 Å². The first-order valence-corrected chi connectivity index (χ1v) is 5.99. The SMILES string of the molecule is CN1CC(CN)CC1c1c(Cl)ccc(F)c1O. The summed E-state index contributed by atoms with van der Waals surface area (Å²) in [6.07, 6.45) is 0.795. The summed E-state index contributed by atoms with van der Waals surface area (Å²) in [6, 6.07) is 2.60. The third-order valence-corrected chi connectivity index (χ3v) is 3.75. The van der Waals surface area contributed by atoms with Gasteiger partial charge < -0.3 is 10.8 Å². The molecule has 2 unspecified atom stereocenters. The summed E-state index contributed by atoms with van der Waals surface area (Å²) in [6.45, 7) is 1.43. The standard InChI is InChI=1S/C12H16ClFN2O/c1-16-6-7(5-15)4-10(16)11-8(13)2-3-9(14)12(11)17/h2-3,7,10,17H,4-6,15H2,1H3. The van der Waals surface area contributed by atoms with Crippen LogP contribution in [0.25, 0.3) is 0 Å². The molecule has 1 aromatic rings. The van der Waals surface area contributed by atoms with Crippen molar-refractivity contribution in [2.24, 2.45) is 11.7 Å². The third kappa shape index (κ3) is 2.25. The van der Waals surface area contributed by atoms with Crippen molar-refractivity contribution in [2.45, 2.75) is 12.5 Å². The van der Waals surface area contributed by atoms with Gasteiger partial charge in [0, 0.05) is 23.2 Å². The van der Waals surface area contributed by atoms with Crippen LogP contribution in [0.3, 0.4) is 0 Å². The predicted molar refractivity (Wildman–Crippen MR) is 65.6 cm³/mol. The Hall–Kier alpha value is -0.840. The van der Waals surface area contributed by atoms with Crippen molar-refractivity contribution in [2.75, 3.05) is 20.1 Å². The molecule has 0 radical (unpaired) electrons. The summed E-state index contributed by atoms with van der Waals surface area (Å²) in [5.74, 6) is -0.607. The Morgan fingerprint density at radius 3 is 2.88 bits per heavy atom. The summed E-state index contributed by atoms with van der Waals surface area (Å²) < 4.78 is 13.4. The molecule has 2 rings (SSSR count). The topological polar surface area (TPSA) is 49.5 Å². The lowest BCUT2D eigenvalue weighted by molar-refractivity contribution is 0.302. The van der Waals surface area contributed by atoms with E-state index in [2.05, 4.69) is 4.90 Å². The van der Waals surface area contributed by atoms with Crippen molar-refractivity contribution in [3.8, 4) is 5.75 Å². The fourth-order valence-corrected chi connectivity index (χ4v) is 2.77. The summed E-state index contributed by atoms with van der Waals surface area (Å²) in [5.41, 5.74) is 6.12. The van der Waals surface area contributed by atoms with Gasteiger partial charge in [-0.1, -0.05) is 11.6 Å². The molecule has 1 heterocycles. The molecule has 3 nitrogen and oxygen atoms in total. The molecule has 1 aliphatic heterocycles. The number of phenolic OH excluding ortho intramolecular Hbond substituents is 1. The molecule has 0 saturated carbocycles. The summed E-state index contributed by atoms with van der Waals surface area (Å²) in [4.78, 5) is 2.05. The second kappa shape index (κ2) is 4.80. The summed E-state index contributed by atoms with van der Waals surface area (Å²) in [5, 5.41) is 10.2. The van der Waals surface area contributed by atoms with Gasteiger partial charge in [0.2, 0.25) is 0 Å². The number of benzene rings is 1. The lowest BCUT2D eigenvalue weighted by atomic mass is 9.99. The van der Waals surface area contributed by atoms with Gasteiger partial charge >= 0.3 is 0 Å². The van der Waals surface area contributed by atoms with Crippen molar-refractivity contribution >= 4 is 11.6 Å². The van der Waals surface area contributed by atoms with E-state index in [0.717, 1.165) is 13.0 Å². The van der Waals surface area contributed by atoms with E-state index in [0.29, 0.717) is 23.0 Å². The van der Waals surface area contributed by atoms with Crippen molar-refractivity contribution in [3.05, 3.63) is 28.5 Å². The number of nitrogens with two attached hydrogens (primary N) is 1. The number of halogens is 2. The van der Waals surface area contributed by atoms with Crippen molar-refractivity contribution in [1.29, 1.82) is 0 Å². The van der Waals surface area contributed by atoms with Gasteiger partial charge in [0.05, 0.1) is 0 Å². The van der Waals surface area contributed by atoms with Gasteiger partial charge in [-0.05, 0) is 38.1 Å². The number of hydrogen-bond donors (Lipinski definition) is 2. The van der Waals surface area contributed by atoms with Gasteiger partial charge in [-0.15, -0.1) is 0 Å². The average molecular weight is 259 g/mol. The van der Waals surface area contributed by atoms with E-state index in [9.17, 15) is 9.50 Å². The van der Waals surface area contributed by atoms with Crippen LogP contribution >= 0.6 is 11.6 Å².